The average Bonchev–Trinajstić information content (AvgIpc) is 2.57. The Hall–Kier alpha value is -0.770. The smallest absolute Gasteiger partial charge is 0.191 e. The third-order valence-electron chi connectivity index (χ3n) is 2.64. The van der Waals surface area contributed by atoms with Crippen molar-refractivity contribution in [3.63, 3.8) is 0 Å². The molecule has 0 saturated carbocycles. The molecule has 0 amide bonds. The summed E-state index contributed by atoms with van der Waals surface area (Å²) in [5.74, 6) is 0.999. The van der Waals surface area contributed by atoms with Crippen LogP contribution >= 0.6 is 0 Å². The Morgan fingerprint density at radius 1 is 1.46 bits per heavy atom. The molecule has 2 heterocycles. The van der Waals surface area contributed by atoms with Crippen LogP contribution in [0, 0.1) is 0 Å². The van der Waals surface area contributed by atoms with Crippen molar-refractivity contribution in [2.45, 2.75) is 31.8 Å². The predicted molar refractivity (Wildman–Crippen MR) is 53.9 cm³/mol. The largest absolute Gasteiger partial charge is 0.355 e. The molecule has 0 aliphatic carbocycles. The maximum atomic E-state index is 4.33. The third-order valence-corrected chi connectivity index (χ3v) is 2.64. The number of piperidine rings is 1. The first-order chi connectivity index (χ1) is 6.34. The first-order valence-corrected chi connectivity index (χ1v) is 5.13. The number of rotatable bonds is 1. The molecule has 4 nitrogen and oxygen atoms in total. The molecule has 0 spiro atoms. The lowest BCUT2D eigenvalue weighted by Crippen LogP contribution is -2.49. The summed E-state index contributed by atoms with van der Waals surface area (Å²) in [5, 5.41) is 10.1. The van der Waals surface area contributed by atoms with E-state index in [4.69, 9.17) is 0 Å². The Kier molecular flexibility index (Phi) is 2.68. The molecule has 0 radical (unpaired) electrons. The molecule has 2 aliphatic rings. The van der Waals surface area contributed by atoms with Crippen LogP contribution in [0.15, 0.2) is 4.99 Å². The van der Waals surface area contributed by atoms with Crippen molar-refractivity contribution in [1.29, 1.82) is 0 Å². The summed E-state index contributed by atoms with van der Waals surface area (Å²) in [5.41, 5.74) is 0. The SMILES string of the molecule is CC1CC(NC2=NCCN2)CCN1. The van der Waals surface area contributed by atoms with E-state index in [1.807, 2.05) is 0 Å². The molecule has 0 aromatic rings. The van der Waals surface area contributed by atoms with Crippen molar-refractivity contribution < 1.29 is 0 Å². The van der Waals surface area contributed by atoms with Crippen LogP contribution in [0.4, 0.5) is 0 Å². The second-order valence-electron chi connectivity index (χ2n) is 3.88. The Bertz CT molecular complexity index is 202. The molecule has 2 rings (SSSR count). The maximum Gasteiger partial charge on any atom is 0.191 e. The highest BCUT2D eigenvalue weighted by Gasteiger charge is 2.19. The molecule has 4 heteroatoms. The van der Waals surface area contributed by atoms with Gasteiger partial charge in [-0.25, -0.2) is 0 Å². The highest BCUT2D eigenvalue weighted by molar-refractivity contribution is 5.81. The lowest BCUT2D eigenvalue weighted by atomic mass is 10.0. The highest BCUT2D eigenvalue weighted by atomic mass is 15.2. The van der Waals surface area contributed by atoms with Crippen molar-refractivity contribution in [3.8, 4) is 0 Å². The normalized spacial score (nSPS) is 33.8. The molecule has 2 aliphatic heterocycles. The van der Waals surface area contributed by atoms with E-state index in [1.165, 1.54) is 12.8 Å². The number of nitrogens with one attached hydrogen (secondary N) is 3. The van der Waals surface area contributed by atoms with E-state index in [2.05, 4.69) is 27.9 Å². The monoisotopic (exact) mass is 182 g/mol. The first kappa shape index (κ1) is 8.81. The minimum atomic E-state index is 0.598. The number of aliphatic imine (C=N–C) groups is 1. The summed E-state index contributed by atoms with van der Waals surface area (Å²) >= 11 is 0. The first-order valence-electron chi connectivity index (χ1n) is 5.13. The molecule has 1 fully saturated rings. The fraction of sp³-hybridized carbons (Fsp3) is 0.889. The van der Waals surface area contributed by atoms with Gasteiger partial charge >= 0.3 is 0 Å². The molecular weight excluding hydrogens is 164 g/mol. The van der Waals surface area contributed by atoms with Gasteiger partial charge in [0.05, 0.1) is 6.54 Å². The summed E-state index contributed by atoms with van der Waals surface area (Å²) in [6, 6.07) is 1.23. The highest BCUT2D eigenvalue weighted by Crippen LogP contribution is 2.07. The standard InChI is InChI=1S/C9H18N4/c1-7-6-8(2-3-10-7)13-9-11-4-5-12-9/h7-8,10H,2-6H2,1H3,(H2,11,12,13). The van der Waals surface area contributed by atoms with Gasteiger partial charge in [-0.15, -0.1) is 0 Å². The summed E-state index contributed by atoms with van der Waals surface area (Å²) < 4.78 is 0. The van der Waals surface area contributed by atoms with Crippen molar-refractivity contribution in [3.05, 3.63) is 0 Å². The molecule has 1 saturated heterocycles. The van der Waals surface area contributed by atoms with Crippen LogP contribution in [0.5, 0.6) is 0 Å². The minimum Gasteiger partial charge on any atom is -0.355 e. The third kappa shape index (κ3) is 2.34. The summed E-state index contributed by atoms with van der Waals surface area (Å²) in [6.07, 6.45) is 2.39. The van der Waals surface area contributed by atoms with Crippen LogP contribution in [0.1, 0.15) is 19.8 Å². The van der Waals surface area contributed by atoms with Gasteiger partial charge in [0.15, 0.2) is 5.96 Å². The topological polar surface area (TPSA) is 48.5 Å². The van der Waals surface area contributed by atoms with Gasteiger partial charge in [0, 0.05) is 18.6 Å². The maximum absolute atomic E-state index is 4.33. The second-order valence-corrected chi connectivity index (χ2v) is 3.88. The Morgan fingerprint density at radius 2 is 2.38 bits per heavy atom. The fourth-order valence-electron chi connectivity index (χ4n) is 1.95. The Morgan fingerprint density at radius 3 is 3.08 bits per heavy atom. The van der Waals surface area contributed by atoms with Crippen molar-refractivity contribution in [2.75, 3.05) is 19.6 Å². The van der Waals surface area contributed by atoms with Gasteiger partial charge in [-0.2, -0.15) is 0 Å². The zero-order chi connectivity index (χ0) is 9.10. The lowest BCUT2D eigenvalue weighted by Gasteiger charge is -2.29. The molecule has 3 N–H and O–H groups in total. The van der Waals surface area contributed by atoms with Crippen LogP contribution in [0.2, 0.25) is 0 Å². The summed E-state index contributed by atoms with van der Waals surface area (Å²) in [7, 11) is 0. The molecular formula is C9H18N4. The van der Waals surface area contributed by atoms with Gasteiger partial charge in [-0.3, -0.25) is 4.99 Å². The van der Waals surface area contributed by atoms with E-state index in [0.29, 0.717) is 12.1 Å². The van der Waals surface area contributed by atoms with E-state index in [1.54, 1.807) is 0 Å². The molecule has 0 aromatic carbocycles. The number of hydrogen-bond donors (Lipinski definition) is 3. The van der Waals surface area contributed by atoms with Crippen LogP contribution in [0.25, 0.3) is 0 Å². The van der Waals surface area contributed by atoms with Crippen LogP contribution in [-0.4, -0.2) is 37.7 Å². The zero-order valence-corrected chi connectivity index (χ0v) is 8.14. The van der Waals surface area contributed by atoms with Gasteiger partial charge in [-0.1, -0.05) is 0 Å². The molecule has 13 heavy (non-hydrogen) atoms. The van der Waals surface area contributed by atoms with E-state index in [9.17, 15) is 0 Å². The zero-order valence-electron chi connectivity index (χ0n) is 8.14. The van der Waals surface area contributed by atoms with Gasteiger partial charge in [0.2, 0.25) is 0 Å². The van der Waals surface area contributed by atoms with Crippen molar-refractivity contribution >= 4 is 5.96 Å². The van der Waals surface area contributed by atoms with Crippen LogP contribution in [-0.2, 0) is 0 Å². The molecule has 0 aromatic heterocycles. The predicted octanol–water partition coefficient (Wildman–Crippen LogP) is -0.324. The Labute approximate surface area is 79.2 Å². The van der Waals surface area contributed by atoms with Gasteiger partial charge < -0.3 is 16.0 Å². The van der Waals surface area contributed by atoms with Gasteiger partial charge in [-0.05, 0) is 26.3 Å². The summed E-state index contributed by atoms with van der Waals surface area (Å²) in [6.45, 7) is 5.26. The molecule has 0 bridgehead atoms. The summed E-state index contributed by atoms with van der Waals surface area (Å²) in [4.78, 5) is 4.33. The lowest BCUT2D eigenvalue weighted by molar-refractivity contribution is 0.359. The Balaban J connectivity index is 1.80. The van der Waals surface area contributed by atoms with Crippen molar-refractivity contribution in [1.82, 2.24) is 16.0 Å². The second kappa shape index (κ2) is 3.96. The average molecular weight is 182 g/mol. The van der Waals surface area contributed by atoms with Gasteiger partial charge in [0.25, 0.3) is 0 Å². The number of nitrogens with zero attached hydrogens (tertiary/aromatic N) is 1. The minimum absolute atomic E-state index is 0.598. The number of hydrogen-bond acceptors (Lipinski definition) is 4. The van der Waals surface area contributed by atoms with Crippen LogP contribution < -0.4 is 16.0 Å². The molecule has 2 atom stereocenters. The fourth-order valence-corrected chi connectivity index (χ4v) is 1.95. The van der Waals surface area contributed by atoms with Crippen LogP contribution in [0.3, 0.4) is 0 Å². The molecule has 74 valence electrons. The number of guanidine groups is 1. The van der Waals surface area contributed by atoms with E-state index < -0.39 is 0 Å². The van der Waals surface area contributed by atoms with E-state index in [-0.39, 0.29) is 0 Å². The molecule has 2 unspecified atom stereocenters. The van der Waals surface area contributed by atoms with E-state index >= 15 is 0 Å². The van der Waals surface area contributed by atoms with Gasteiger partial charge in [0.1, 0.15) is 0 Å². The van der Waals surface area contributed by atoms with Crippen molar-refractivity contribution in [2.24, 2.45) is 4.99 Å². The van der Waals surface area contributed by atoms with E-state index in [0.717, 1.165) is 25.6 Å². The quantitative estimate of drug-likeness (QED) is 0.521.